The van der Waals surface area contributed by atoms with Gasteiger partial charge in [-0.1, -0.05) is 13.8 Å². The molecule has 13 heavy (non-hydrogen) atoms. The summed E-state index contributed by atoms with van der Waals surface area (Å²) in [6, 6.07) is 0. The summed E-state index contributed by atoms with van der Waals surface area (Å²) < 4.78 is 0. The van der Waals surface area contributed by atoms with Gasteiger partial charge in [0.1, 0.15) is 0 Å². The maximum absolute atomic E-state index is 12.1. The summed E-state index contributed by atoms with van der Waals surface area (Å²) in [7, 11) is 0. The fraction of sp³-hybridized carbons (Fsp3) is 1.00. The van der Waals surface area contributed by atoms with Crippen molar-refractivity contribution >= 4 is 0 Å². The van der Waals surface area contributed by atoms with Gasteiger partial charge in [-0.3, -0.25) is 0 Å². The van der Waals surface area contributed by atoms with Gasteiger partial charge in [-0.2, -0.15) is 0 Å². The Morgan fingerprint density at radius 3 is 1.62 bits per heavy atom. The fourth-order valence-corrected chi connectivity index (χ4v) is 2.25. The Bertz CT molecular complexity index is 178. The van der Waals surface area contributed by atoms with E-state index >= 15 is 0 Å². The molecule has 0 aromatic heterocycles. The first-order chi connectivity index (χ1) is 5.70. The highest BCUT2D eigenvalue weighted by Crippen LogP contribution is 2.43. The minimum Gasteiger partial charge on any atom is -0.143 e. The molecule has 2 atom stereocenters. The molecular formula is C11H22NO. The molecule has 2 unspecified atom stereocenters. The van der Waals surface area contributed by atoms with Crippen molar-refractivity contribution in [2.75, 3.05) is 0 Å². The van der Waals surface area contributed by atoms with Crippen molar-refractivity contribution in [1.29, 1.82) is 0 Å². The van der Waals surface area contributed by atoms with E-state index < -0.39 is 0 Å². The minimum atomic E-state index is -0.212. The maximum Gasteiger partial charge on any atom is 0.0469 e. The van der Waals surface area contributed by atoms with E-state index in [1.807, 2.05) is 0 Å². The molecule has 0 aliphatic carbocycles. The van der Waals surface area contributed by atoms with Crippen LogP contribution in [0.15, 0.2) is 0 Å². The molecule has 0 spiro atoms. The van der Waals surface area contributed by atoms with Gasteiger partial charge in [0, 0.05) is 11.1 Å². The van der Waals surface area contributed by atoms with Crippen molar-refractivity contribution in [3.05, 3.63) is 0 Å². The summed E-state index contributed by atoms with van der Waals surface area (Å²) in [5.41, 5.74) is -0.425. The fourth-order valence-electron chi connectivity index (χ4n) is 2.25. The van der Waals surface area contributed by atoms with Crippen LogP contribution in [0.25, 0.3) is 0 Å². The predicted octanol–water partition coefficient (Wildman–Crippen LogP) is 2.87. The third-order valence-corrected chi connectivity index (χ3v) is 4.17. The van der Waals surface area contributed by atoms with Crippen molar-refractivity contribution in [3.63, 3.8) is 0 Å². The molecule has 2 nitrogen and oxygen atoms in total. The van der Waals surface area contributed by atoms with Crippen LogP contribution in [0.2, 0.25) is 0 Å². The second-order valence-electron chi connectivity index (χ2n) is 5.64. The lowest BCUT2D eigenvalue weighted by atomic mass is 9.69. The molecule has 1 aliphatic rings. The van der Waals surface area contributed by atoms with Crippen LogP contribution in [0.3, 0.4) is 0 Å². The first-order valence-corrected chi connectivity index (χ1v) is 5.18. The molecule has 2 heteroatoms. The van der Waals surface area contributed by atoms with Gasteiger partial charge in [0.25, 0.3) is 0 Å². The standard InChI is InChI=1S/C11H22NO/c1-8-7-9(2)11(5,6)12(13)10(8,3)4/h8-9H,7H2,1-6H3. The number of nitrogens with zero attached hydrogens (tertiary/aromatic N) is 1. The van der Waals surface area contributed by atoms with Crippen LogP contribution in [-0.2, 0) is 5.21 Å². The third kappa shape index (κ3) is 1.50. The predicted molar refractivity (Wildman–Crippen MR) is 53.6 cm³/mol. The normalized spacial score (nSPS) is 39.0. The van der Waals surface area contributed by atoms with Gasteiger partial charge in [0.05, 0.1) is 0 Å². The van der Waals surface area contributed by atoms with E-state index in [-0.39, 0.29) is 11.1 Å². The average Bonchev–Trinajstić information content (AvgIpc) is 2.00. The molecule has 77 valence electrons. The lowest BCUT2D eigenvalue weighted by Crippen LogP contribution is -2.62. The summed E-state index contributed by atoms with van der Waals surface area (Å²) in [5.74, 6) is 0.959. The maximum atomic E-state index is 12.1. The average molecular weight is 184 g/mol. The second-order valence-corrected chi connectivity index (χ2v) is 5.64. The molecule has 1 heterocycles. The molecule has 0 amide bonds. The number of rotatable bonds is 0. The first kappa shape index (κ1) is 11.0. The van der Waals surface area contributed by atoms with E-state index in [2.05, 4.69) is 41.5 Å². The number of hydroxylamine groups is 2. The SMILES string of the molecule is CC1CC(C)C(C)(C)N([O])C1(C)C. The second kappa shape index (κ2) is 2.96. The van der Waals surface area contributed by atoms with Crippen molar-refractivity contribution < 1.29 is 5.21 Å². The van der Waals surface area contributed by atoms with E-state index in [4.69, 9.17) is 0 Å². The summed E-state index contributed by atoms with van der Waals surface area (Å²) in [5, 5.41) is 13.4. The van der Waals surface area contributed by atoms with Gasteiger partial charge >= 0.3 is 0 Å². The molecule has 1 rings (SSSR count). The smallest absolute Gasteiger partial charge is 0.0469 e. The van der Waals surface area contributed by atoms with Crippen LogP contribution in [0.5, 0.6) is 0 Å². The van der Waals surface area contributed by atoms with Crippen molar-refractivity contribution in [2.45, 2.75) is 59.0 Å². The zero-order valence-corrected chi connectivity index (χ0v) is 9.72. The highest BCUT2D eigenvalue weighted by Gasteiger charge is 2.49. The molecule has 1 fully saturated rings. The number of hydrogen-bond donors (Lipinski definition) is 0. The zero-order valence-electron chi connectivity index (χ0n) is 9.72. The zero-order chi connectivity index (χ0) is 10.4. The molecule has 0 N–H and O–H groups in total. The quantitative estimate of drug-likeness (QED) is 0.567. The van der Waals surface area contributed by atoms with Gasteiger partial charge < -0.3 is 0 Å². The molecule has 1 radical (unpaired) electrons. The van der Waals surface area contributed by atoms with Gasteiger partial charge in [-0.25, -0.2) is 0 Å². The highest BCUT2D eigenvalue weighted by molar-refractivity contribution is 4.99. The van der Waals surface area contributed by atoms with Crippen LogP contribution >= 0.6 is 0 Å². The van der Waals surface area contributed by atoms with Crippen LogP contribution in [0.4, 0.5) is 0 Å². The minimum absolute atomic E-state index is 0.212. The Hall–Kier alpha value is -0.0800. The Kier molecular flexibility index (Phi) is 2.50. The summed E-state index contributed by atoms with van der Waals surface area (Å²) in [4.78, 5) is 0. The summed E-state index contributed by atoms with van der Waals surface area (Å²) >= 11 is 0. The van der Waals surface area contributed by atoms with Crippen LogP contribution < -0.4 is 0 Å². The van der Waals surface area contributed by atoms with E-state index in [0.717, 1.165) is 6.42 Å². The Morgan fingerprint density at radius 1 is 1.00 bits per heavy atom. The lowest BCUT2D eigenvalue weighted by Gasteiger charge is -2.53. The van der Waals surface area contributed by atoms with E-state index in [1.165, 1.54) is 5.06 Å². The van der Waals surface area contributed by atoms with Crippen molar-refractivity contribution in [3.8, 4) is 0 Å². The molecule has 1 saturated heterocycles. The molecule has 0 aromatic rings. The molecule has 0 saturated carbocycles. The topological polar surface area (TPSA) is 23.1 Å². The van der Waals surface area contributed by atoms with Crippen molar-refractivity contribution in [2.24, 2.45) is 11.8 Å². The molecular weight excluding hydrogens is 162 g/mol. The van der Waals surface area contributed by atoms with Gasteiger partial charge in [-0.15, -0.1) is 10.3 Å². The highest BCUT2D eigenvalue weighted by atomic mass is 16.5. The Morgan fingerprint density at radius 2 is 1.31 bits per heavy atom. The van der Waals surface area contributed by atoms with Gasteiger partial charge in [0.15, 0.2) is 0 Å². The van der Waals surface area contributed by atoms with E-state index in [1.54, 1.807) is 0 Å². The molecule has 1 aliphatic heterocycles. The monoisotopic (exact) mass is 184 g/mol. The molecule has 0 aromatic carbocycles. The first-order valence-electron chi connectivity index (χ1n) is 5.18. The van der Waals surface area contributed by atoms with Gasteiger partial charge in [0.2, 0.25) is 0 Å². The van der Waals surface area contributed by atoms with Gasteiger partial charge in [-0.05, 0) is 46.0 Å². The summed E-state index contributed by atoms with van der Waals surface area (Å²) in [6.45, 7) is 12.6. The third-order valence-electron chi connectivity index (χ3n) is 4.17. The largest absolute Gasteiger partial charge is 0.143 e. The molecule has 0 bridgehead atoms. The van der Waals surface area contributed by atoms with E-state index in [0.29, 0.717) is 11.8 Å². The number of piperidine rings is 1. The van der Waals surface area contributed by atoms with Crippen molar-refractivity contribution in [1.82, 2.24) is 5.06 Å². The summed E-state index contributed by atoms with van der Waals surface area (Å²) in [6.07, 6.45) is 1.15. The number of hydrogen-bond acceptors (Lipinski definition) is 1. The Balaban J connectivity index is 2.96. The van der Waals surface area contributed by atoms with Crippen LogP contribution in [0, 0.1) is 11.8 Å². The lowest BCUT2D eigenvalue weighted by molar-refractivity contribution is -0.312. The van der Waals surface area contributed by atoms with Crippen LogP contribution in [0.1, 0.15) is 48.0 Å². The van der Waals surface area contributed by atoms with E-state index in [9.17, 15) is 5.21 Å². The Labute approximate surface area is 81.9 Å². The van der Waals surface area contributed by atoms with Crippen LogP contribution in [-0.4, -0.2) is 16.1 Å².